The Hall–Kier alpha value is -1.74. The van der Waals surface area contributed by atoms with Gasteiger partial charge in [0, 0.05) is 17.3 Å². The van der Waals surface area contributed by atoms with Crippen molar-refractivity contribution in [1.82, 2.24) is 4.98 Å². The number of rotatable bonds is 2. The molecule has 17 heavy (non-hydrogen) atoms. The lowest BCUT2D eigenvalue weighted by Gasteiger charge is -2.11. The zero-order chi connectivity index (χ0) is 12.4. The Labute approximate surface area is 105 Å². The predicted molar refractivity (Wildman–Crippen MR) is 70.4 cm³/mol. The van der Waals surface area contributed by atoms with Gasteiger partial charge in [0.15, 0.2) is 0 Å². The molecule has 88 valence electrons. The van der Waals surface area contributed by atoms with Crippen LogP contribution in [0.2, 0.25) is 5.02 Å². The van der Waals surface area contributed by atoms with Gasteiger partial charge in [0.25, 0.3) is 0 Å². The quantitative estimate of drug-likeness (QED) is 0.887. The highest BCUT2D eigenvalue weighted by Gasteiger charge is 2.10. The number of nitrogen functional groups attached to an aromatic ring is 1. The predicted octanol–water partition coefficient (Wildman–Crippen LogP) is 3.30. The monoisotopic (exact) mass is 248 g/mol. The Morgan fingerprint density at radius 3 is 2.71 bits per heavy atom. The van der Waals surface area contributed by atoms with Crippen molar-refractivity contribution >= 4 is 17.4 Å². The van der Waals surface area contributed by atoms with Crippen molar-refractivity contribution in [3.63, 3.8) is 0 Å². The first kappa shape index (κ1) is 11.7. The Morgan fingerprint density at radius 1 is 1.24 bits per heavy atom. The first-order valence-electron chi connectivity index (χ1n) is 5.18. The molecule has 0 bridgehead atoms. The molecule has 2 N–H and O–H groups in total. The smallest absolute Gasteiger partial charge is 0.131 e. The molecule has 0 unspecified atom stereocenters. The third-order valence-electron chi connectivity index (χ3n) is 2.53. The molecule has 1 aromatic heterocycles. The van der Waals surface area contributed by atoms with Crippen molar-refractivity contribution in [3.05, 3.63) is 41.0 Å². The number of hydrogen-bond acceptors (Lipinski definition) is 3. The number of ether oxygens (including phenoxy) is 1. The summed E-state index contributed by atoms with van der Waals surface area (Å²) in [7, 11) is 1.63. The lowest BCUT2D eigenvalue weighted by atomic mass is 10.0. The number of methoxy groups -OCH3 is 1. The van der Waals surface area contributed by atoms with E-state index in [0.717, 1.165) is 22.4 Å². The number of halogens is 1. The van der Waals surface area contributed by atoms with Crippen LogP contribution in [-0.2, 0) is 0 Å². The molecule has 0 amide bonds. The molecular weight excluding hydrogens is 236 g/mol. The van der Waals surface area contributed by atoms with Gasteiger partial charge in [0.2, 0.25) is 0 Å². The van der Waals surface area contributed by atoms with Crippen molar-refractivity contribution in [2.24, 2.45) is 0 Å². The fourth-order valence-electron chi connectivity index (χ4n) is 1.70. The third kappa shape index (κ3) is 2.34. The van der Waals surface area contributed by atoms with E-state index in [0.29, 0.717) is 10.8 Å². The zero-order valence-electron chi connectivity index (χ0n) is 9.70. The summed E-state index contributed by atoms with van der Waals surface area (Å²) < 4.78 is 5.32. The van der Waals surface area contributed by atoms with Gasteiger partial charge in [-0.3, -0.25) is 0 Å². The molecule has 0 saturated heterocycles. The standard InChI is InChI=1S/C13H13ClN2O/c1-8-3-4-12(17-2)10(5-8)11-6-9(14)7-16-13(11)15/h3-7H,1-2H3,(H2,15,16). The van der Waals surface area contributed by atoms with E-state index in [1.165, 1.54) is 6.20 Å². The fourth-order valence-corrected chi connectivity index (χ4v) is 1.86. The van der Waals surface area contributed by atoms with E-state index in [1.54, 1.807) is 13.2 Å². The average molecular weight is 249 g/mol. The summed E-state index contributed by atoms with van der Waals surface area (Å²) in [5.41, 5.74) is 8.69. The average Bonchev–Trinajstić information content (AvgIpc) is 2.32. The number of anilines is 1. The second-order valence-corrected chi connectivity index (χ2v) is 4.23. The van der Waals surface area contributed by atoms with Crippen LogP contribution in [-0.4, -0.2) is 12.1 Å². The topological polar surface area (TPSA) is 48.1 Å². The highest BCUT2D eigenvalue weighted by molar-refractivity contribution is 6.30. The number of nitrogens with two attached hydrogens (primary N) is 1. The van der Waals surface area contributed by atoms with Crippen molar-refractivity contribution in [2.75, 3.05) is 12.8 Å². The molecule has 1 heterocycles. The molecule has 0 aliphatic carbocycles. The second-order valence-electron chi connectivity index (χ2n) is 3.79. The molecule has 0 fully saturated rings. The van der Waals surface area contributed by atoms with Gasteiger partial charge in [-0.1, -0.05) is 23.2 Å². The summed E-state index contributed by atoms with van der Waals surface area (Å²) in [6.07, 6.45) is 1.53. The molecule has 1 aromatic carbocycles. The van der Waals surface area contributed by atoms with Gasteiger partial charge in [-0.05, 0) is 25.1 Å². The summed E-state index contributed by atoms with van der Waals surface area (Å²) in [6.45, 7) is 2.01. The second kappa shape index (κ2) is 4.63. The summed E-state index contributed by atoms with van der Waals surface area (Å²) in [4.78, 5) is 4.05. The first-order valence-corrected chi connectivity index (χ1v) is 5.55. The third-order valence-corrected chi connectivity index (χ3v) is 2.74. The van der Waals surface area contributed by atoms with Crippen molar-refractivity contribution in [1.29, 1.82) is 0 Å². The maximum atomic E-state index is 5.94. The van der Waals surface area contributed by atoms with Crippen molar-refractivity contribution in [2.45, 2.75) is 6.92 Å². The molecule has 4 heteroatoms. The lowest BCUT2D eigenvalue weighted by molar-refractivity contribution is 0.416. The first-order chi connectivity index (χ1) is 8.11. The van der Waals surface area contributed by atoms with Gasteiger partial charge >= 0.3 is 0 Å². The van der Waals surface area contributed by atoms with Crippen LogP contribution in [0, 0.1) is 6.92 Å². The number of benzene rings is 1. The summed E-state index contributed by atoms with van der Waals surface area (Å²) in [6, 6.07) is 7.69. The lowest BCUT2D eigenvalue weighted by Crippen LogP contribution is -1.96. The molecule has 2 rings (SSSR count). The highest BCUT2D eigenvalue weighted by Crippen LogP contribution is 2.34. The van der Waals surface area contributed by atoms with Gasteiger partial charge < -0.3 is 10.5 Å². The van der Waals surface area contributed by atoms with Crippen LogP contribution in [0.4, 0.5) is 5.82 Å². The van der Waals surface area contributed by atoms with Crippen LogP contribution in [0.15, 0.2) is 30.5 Å². The summed E-state index contributed by atoms with van der Waals surface area (Å²) >= 11 is 5.94. The minimum atomic E-state index is 0.443. The Kier molecular flexibility index (Phi) is 3.20. The zero-order valence-corrected chi connectivity index (χ0v) is 10.5. The van der Waals surface area contributed by atoms with Crippen LogP contribution in [0.5, 0.6) is 5.75 Å². The SMILES string of the molecule is COc1ccc(C)cc1-c1cc(Cl)cnc1N. The van der Waals surface area contributed by atoms with Crippen LogP contribution in [0.3, 0.4) is 0 Å². The van der Waals surface area contributed by atoms with E-state index in [1.807, 2.05) is 25.1 Å². The normalized spacial score (nSPS) is 10.3. The van der Waals surface area contributed by atoms with Crippen LogP contribution < -0.4 is 10.5 Å². The van der Waals surface area contributed by atoms with Crippen LogP contribution >= 0.6 is 11.6 Å². The van der Waals surface area contributed by atoms with E-state index >= 15 is 0 Å². The van der Waals surface area contributed by atoms with E-state index < -0.39 is 0 Å². The molecule has 0 saturated carbocycles. The van der Waals surface area contributed by atoms with Gasteiger partial charge in [-0.25, -0.2) is 4.98 Å². The van der Waals surface area contributed by atoms with Crippen molar-refractivity contribution < 1.29 is 4.74 Å². The van der Waals surface area contributed by atoms with E-state index in [2.05, 4.69) is 4.98 Å². The van der Waals surface area contributed by atoms with Crippen molar-refractivity contribution in [3.8, 4) is 16.9 Å². The molecule has 0 atom stereocenters. The summed E-state index contributed by atoms with van der Waals surface area (Å²) in [5.74, 6) is 1.20. The van der Waals surface area contributed by atoms with Crippen LogP contribution in [0.25, 0.3) is 11.1 Å². The maximum absolute atomic E-state index is 5.94. The Balaban J connectivity index is 2.66. The fraction of sp³-hybridized carbons (Fsp3) is 0.154. The number of aryl methyl sites for hydroxylation is 1. The van der Waals surface area contributed by atoms with E-state index in [9.17, 15) is 0 Å². The maximum Gasteiger partial charge on any atom is 0.131 e. The van der Waals surface area contributed by atoms with Gasteiger partial charge in [-0.15, -0.1) is 0 Å². The minimum absolute atomic E-state index is 0.443. The number of aromatic nitrogens is 1. The largest absolute Gasteiger partial charge is 0.496 e. The minimum Gasteiger partial charge on any atom is -0.496 e. The van der Waals surface area contributed by atoms with E-state index in [4.69, 9.17) is 22.1 Å². The molecule has 0 radical (unpaired) electrons. The molecular formula is C13H13ClN2O. The van der Waals surface area contributed by atoms with Gasteiger partial charge in [0.1, 0.15) is 11.6 Å². The Morgan fingerprint density at radius 2 is 2.00 bits per heavy atom. The molecule has 0 spiro atoms. The number of hydrogen-bond donors (Lipinski definition) is 1. The summed E-state index contributed by atoms with van der Waals surface area (Å²) in [5, 5.41) is 0.553. The molecule has 2 aromatic rings. The number of nitrogens with zero attached hydrogens (tertiary/aromatic N) is 1. The van der Waals surface area contributed by atoms with Gasteiger partial charge in [0.05, 0.1) is 12.1 Å². The number of pyridine rings is 1. The highest BCUT2D eigenvalue weighted by atomic mass is 35.5. The molecule has 0 aliphatic heterocycles. The van der Waals surface area contributed by atoms with E-state index in [-0.39, 0.29) is 0 Å². The van der Waals surface area contributed by atoms with Crippen LogP contribution in [0.1, 0.15) is 5.56 Å². The molecule has 0 aliphatic rings. The van der Waals surface area contributed by atoms with Gasteiger partial charge in [-0.2, -0.15) is 0 Å². The molecule has 3 nitrogen and oxygen atoms in total. The Bertz CT molecular complexity index is 555.